The quantitative estimate of drug-likeness (QED) is 0.0105. The van der Waals surface area contributed by atoms with Crippen LogP contribution in [0.2, 0.25) is 0 Å². The Labute approximate surface area is 741 Å². The van der Waals surface area contributed by atoms with Crippen molar-refractivity contribution in [2.75, 3.05) is 152 Å². The second-order valence-corrected chi connectivity index (χ2v) is 33.7. The molecule has 8 heterocycles. The molecule has 34 nitrogen and oxygen atoms in total. The maximum absolute atomic E-state index is 14.8. The van der Waals surface area contributed by atoms with E-state index in [0.29, 0.717) is 211 Å². The maximum Gasteiger partial charge on any atom is 0.329 e. The predicted molar refractivity (Wildman–Crippen MR) is 470 cm³/mol. The summed E-state index contributed by atoms with van der Waals surface area (Å²) in [6.07, 6.45) is 23.0. The molecule has 2 amide bonds. The van der Waals surface area contributed by atoms with Crippen LogP contribution in [-0.4, -0.2) is 296 Å². The molecule has 15 atom stereocenters. The number of carbonyl (C=O) groups is 6. The number of pyridine rings is 1. The largest absolute Gasteiger partial charge is 0.460 e. The molecule has 2 bridgehead atoms. The van der Waals surface area contributed by atoms with Crippen LogP contribution < -0.4 is 11.1 Å². The van der Waals surface area contributed by atoms with Crippen LogP contribution in [0.15, 0.2) is 84.7 Å². The van der Waals surface area contributed by atoms with E-state index in [1.54, 1.807) is 51.9 Å². The molecule has 1 saturated carbocycles. The van der Waals surface area contributed by atoms with Gasteiger partial charge in [-0.05, 0) is 151 Å². The summed E-state index contributed by atoms with van der Waals surface area (Å²) in [5.74, 6) is -7.89. The molecule has 0 unspecified atom stereocenters. The van der Waals surface area contributed by atoms with E-state index in [2.05, 4.69) is 35.6 Å². The highest BCUT2D eigenvalue weighted by Gasteiger charge is 2.53. The molecule has 1 aliphatic carbocycles. The number of piperidine rings is 1. The van der Waals surface area contributed by atoms with Crippen LogP contribution >= 0.6 is 0 Å². The lowest BCUT2D eigenvalue weighted by atomic mass is 9.78. The normalized spacial score (nSPS) is 26.7. The molecule has 4 aliphatic rings. The highest BCUT2D eigenvalue weighted by Crippen LogP contribution is 2.39. The minimum atomic E-state index is -2.46. The number of aromatic amines is 1. The molecule has 5 aromatic heterocycles. The van der Waals surface area contributed by atoms with Crippen molar-refractivity contribution < 1.29 is 105 Å². The van der Waals surface area contributed by atoms with Crippen LogP contribution in [0.3, 0.4) is 0 Å². The molecule has 6 N–H and O–H groups in total. The standard InChI is InChI=1S/C92H140N12O22/c1-62-20-12-11-13-21-63(2)77(113-8)57-73-26-24-68(7)92(112,126-73)86(109)90(110)103-32-17-14-23-74(103)91(111)125-78(58-75(105)64(3)53-67(6)84(108)85(115-10)83(107)66(5)52-62)65(4)54-69-25-27-76(79(55-69)114-9)124-35-19-15-22-72-60-102(101-99-72)34-37-117-39-41-119-43-45-121-47-49-123-51-50-122-48-46-120-44-42-118-40-38-116-36-29-80(106)94-30-16-18-33-104-89-81(87(93)97-61-98-89)82(100-104)71-56-70-28-31-95-88(70)96-59-71/h11-13,20-21,28,31,53,56,59-62,64-66,68-69,73-74,76-79,84-85,108,112H,14-19,22-27,29-30,32-52,54-55,57-58H2,1-10H3,(H,94,106)(H,95,96)(H2,93,97,98)/b13-11+,20-12+,63-21+,67-53+/t62-,64-,65-,66-,68-,69+,73+,74+,76-,77+,78+,79-,84-,85+,92-/m1/s1. The van der Waals surface area contributed by atoms with Crippen LogP contribution in [0.25, 0.3) is 33.3 Å². The van der Waals surface area contributed by atoms with Crippen molar-refractivity contribution in [1.82, 2.24) is 54.9 Å². The fourth-order valence-corrected chi connectivity index (χ4v) is 16.6. The SMILES string of the molecule is CO[C@H]1C[C@@H]2CC[C@@H](C)[C@@](O)(O2)C(=O)C(=O)N2CCCC[C@H]2C(=O)O[C@H]([C@H](C)C[C@@H]2CC[C@@H](OCCCCc3cn(CCOCCOCCOCCOCCOCCOCCOCCOCCC(=O)NCCCCn4nc(-c5cnc6[nH]ccc6c5)c5c(N)ncnc54)nn3)[C@H](OC)C2)CC(=O)[C@H](C)/C=C(\C)[C@@H](O)[C@@H](OC)C(=O)[C@H](C)C[C@H](C)/C=C/C=C/C=C/1C. The molecule has 34 heteroatoms. The van der Waals surface area contributed by atoms with Gasteiger partial charge < -0.3 is 97.5 Å². The van der Waals surface area contributed by atoms with E-state index in [0.717, 1.165) is 72.8 Å². The molecule has 3 aliphatic heterocycles. The van der Waals surface area contributed by atoms with E-state index in [4.69, 9.17) is 77.1 Å². The summed E-state index contributed by atoms with van der Waals surface area (Å²) < 4.78 is 85.4. The number of hydrogen-bond donors (Lipinski definition) is 5. The molecule has 2 saturated heterocycles. The number of rotatable bonds is 45. The molecule has 0 radical (unpaired) electrons. The Morgan fingerprint density at radius 1 is 0.730 bits per heavy atom. The van der Waals surface area contributed by atoms with Gasteiger partial charge in [-0.25, -0.2) is 29.1 Å². The van der Waals surface area contributed by atoms with Crippen molar-refractivity contribution in [3.8, 4) is 11.3 Å². The summed E-state index contributed by atoms with van der Waals surface area (Å²) in [7, 11) is 4.65. The first kappa shape index (κ1) is 102. The van der Waals surface area contributed by atoms with Crippen LogP contribution in [0.5, 0.6) is 0 Å². The van der Waals surface area contributed by atoms with E-state index in [1.165, 1.54) is 18.3 Å². The van der Waals surface area contributed by atoms with Crippen LogP contribution in [0.4, 0.5) is 5.82 Å². The Morgan fingerprint density at radius 3 is 2.10 bits per heavy atom. The summed E-state index contributed by atoms with van der Waals surface area (Å²) in [5, 5.41) is 41.9. The number of fused-ring (bicyclic) bond motifs is 5. The van der Waals surface area contributed by atoms with Crippen molar-refractivity contribution in [3.63, 3.8) is 0 Å². The van der Waals surface area contributed by atoms with Gasteiger partial charge in [0.15, 0.2) is 11.4 Å². The number of H-pyrrole nitrogens is 1. The Morgan fingerprint density at radius 2 is 1.42 bits per heavy atom. The first-order chi connectivity index (χ1) is 61.0. The lowest BCUT2D eigenvalue weighted by molar-refractivity contribution is -0.265. The molecular weight excluding hydrogens is 1630 g/mol. The number of ether oxygens (including phenoxy) is 14. The number of aliphatic hydroxyl groups excluding tert-OH is 1. The highest BCUT2D eigenvalue weighted by atomic mass is 16.6. The summed E-state index contributed by atoms with van der Waals surface area (Å²) in [5.41, 5.74) is 11.4. The molecule has 700 valence electrons. The molecule has 3 fully saturated rings. The molecule has 5 aromatic rings. The first-order valence-corrected chi connectivity index (χ1v) is 45.3. The monoisotopic (exact) mass is 1770 g/mol. The highest BCUT2D eigenvalue weighted by molar-refractivity contribution is 6.39. The van der Waals surface area contributed by atoms with Gasteiger partial charge in [0, 0.05) is 114 Å². The van der Waals surface area contributed by atoms with Crippen LogP contribution in [0, 0.1) is 35.5 Å². The number of methoxy groups -OCH3 is 3. The minimum absolute atomic E-state index is 0.00434. The number of unbranched alkanes of at least 4 members (excludes halogenated alkanes) is 2. The lowest BCUT2D eigenvalue weighted by Crippen LogP contribution is -2.61. The Kier molecular flexibility index (Phi) is 43.9. The zero-order valence-electron chi connectivity index (χ0n) is 75.7. The summed E-state index contributed by atoms with van der Waals surface area (Å²) in [6.45, 7) is 21.7. The number of aromatic nitrogens is 9. The second kappa shape index (κ2) is 54.4. The molecule has 0 spiro atoms. The zero-order chi connectivity index (χ0) is 90.2. The van der Waals surface area contributed by atoms with Gasteiger partial charge in [-0.1, -0.05) is 76.3 Å². The number of ketones is 3. The Balaban J connectivity index is 0.587. The average molecular weight is 1770 g/mol. The van der Waals surface area contributed by atoms with Gasteiger partial charge in [0.05, 0.1) is 148 Å². The zero-order valence-corrected chi connectivity index (χ0v) is 75.7. The molecule has 9 rings (SSSR count). The van der Waals surface area contributed by atoms with Gasteiger partial charge in [0.25, 0.3) is 11.7 Å². The number of cyclic esters (lactones) is 1. The number of nitrogens with zero attached hydrogens (tertiary/aromatic N) is 9. The van der Waals surface area contributed by atoms with E-state index in [9.17, 15) is 39.0 Å². The summed E-state index contributed by atoms with van der Waals surface area (Å²) >= 11 is 0. The lowest BCUT2D eigenvalue weighted by Gasteiger charge is -2.42. The van der Waals surface area contributed by atoms with Gasteiger partial charge in [0.2, 0.25) is 11.7 Å². The number of aryl methyl sites for hydroxylation is 2. The van der Waals surface area contributed by atoms with Gasteiger partial charge >= 0.3 is 5.97 Å². The number of anilines is 1. The summed E-state index contributed by atoms with van der Waals surface area (Å²) in [6, 6.07) is 2.79. The van der Waals surface area contributed by atoms with Crippen molar-refractivity contribution in [1.29, 1.82) is 0 Å². The van der Waals surface area contributed by atoms with Crippen molar-refractivity contribution in [3.05, 3.63) is 90.3 Å². The van der Waals surface area contributed by atoms with E-state index < -0.39 is 77.8 Å². The molecular formula is C92H140N12O22. The van der Waals surface area contributed by atoms with Gasteiger partial charge in [0.1, 0.15) is 53.6 Å². The number of esters is 1. The van der Waals surface area contributed by atoms with Gasteiger partial charge in [-0.2, -0.15) is 5.10 Å². The number of nitrogens with one attached hydrogen (secondary N) is 2. The van der Waals surface area contributed by atoms with Gasteiger partial charge in [-0.3, -0.25) is 24.0 Å². The van der Waals surface area contributed by atoms with E-state index >= 15 is 0 Å². The Bertz CT molecular complexity index is 4260. The number of amides is 2. The Hall–Kier alpha value is -8.04. The van der Waals surface area contributed by atoms with Crippen molar-refractivity contribution in [2.45, 2.75) is 232 Å². The number of nitrogen functional groups attached to an aromatic ring is 1. The van der Waals surface area contributed by atoms with Crippen molar-refractivity contribution >= 4 is 63.0 Å². The molecule has 126 heavy (non-hydrogen) atoms. The van der Waals surface area contributed by atoms with Crippen LogP contribution in [-0.2, 0) is 115 Å². The number of allylic oxidation sites excluding steroid dienone is 6. The first-order valence-electron chi connectivity index (χ1n) is 45.3. The summed E-state index contributed by atoms with van der Waals surface area (Å²) in [4.78, 5) is 102. The predicted octanol–water partition coefficient (Wildman–Crippen LogP) is 9.20. The van der Waals surface area contributed by atoms with Crippen LogP contribution in [0.1, 0.15) is 163 Å². The molecule has 0 aromatic carbocycles. The number of carbonyl (C=O) groups excluding carboxylic acids is 6. The number of aliphatic hydroxyl groups is 2. The third-order valence-electron chi connectivity index (χ3n) is 24.1. The third kappa shape index (κ3) is 32.0. The average Bonchev–Trinajstić information content (AvgIpc) is 1.16. The fourth-order valence-electron chi connectivity index (χ4n) is 16.6. The van der Waals surface area contributed by atoms with Gasteiger partial charge in [-0.15, -0.1) is 5.10 Å². The van der Waals surface area contributed by atoms with E-state index in [-0.39, 0.29) is 73.2 Å². The smallest absolute Gasteiger partial charge is 0.329 e. The number of Topliss-reactive ketones (excluding diaryl/α,β-unsaturated/α-hetero) is 3. The van der Waals surface area contributed by atoms with Crippen molar-refractivity contribution in [2.24, 2.45) is 35.5 Å². The number of hydrogen-bond acceptors (Lipinski definition) is 29. The minimum Gasteiger partial charge on any atom is -0.460 e. The number of nitrogens with two attached hydrogens (primary N) is 1. The second-order valence-electron chi connectivity index (χ2n) is 33.7. The third-order valence-corrected chi connectivity index (χ3v) is 24.1. The maximum atomic E-state index is 14.8. The topological polar surface area (TPSA) is 416 Å². The van der Waals surface area contributed by atoms with E-state index in [1.807, 2.05) is 87.3 Å². The fraction of sp³-hybridized carbons (Fsp3) is 0.696.